The highest BCUT2D eigenvalue weighted by Crippen LogP contribution is 2.34. The molecule has 0 amide bonds. The zero-order valence-corrected chi connectivity index (χ0v) is 10.5. The predicted octanol–water partition coefficient (Wildman–Crippen LogP) is 0.355. The summed E-state index contributed by atoms with van der Waals surface area (Å²) in [7, 11) is 0. The first-order chi connectivity index (χ1) is 9.26. The number of aromatic nitrogens is 4. The number of nitrogens with one attached hydrogen (secondary N) is 3. The van der Waals surface area contributed by atoms with E-state index in [1.807, 2.05) is 0 Å². The molecule has 2 aromatic heterocycles. The molecule has 2 heterocycles. The van der Waals surface area contributed by atoms with Gasteiger partial charge in [-0.25, -0.2) is 5.84 Å². The van der Waals surface area contributed by atoms with Crippen molar-refractivity contribution in [1.82, 2.24) is 20.2 Å². The van der Waals surface area contributed by atoms with Crippen LogP contribution in [0.5, 0.6) is 0 Å². The Kier molecular flexibility index (Phi) is 2.96. The molecule has 0 radical (unpaired) electrons. The maximum absolute atomic E-state index is 9.66. The van der Waals surface area contributed by atoms with E-state index in [-0.39, 0.29) is 12.1 Å². The van der Waals surface area contributed by atoms with Crippen LogP contribution in [-0.2, 0) is 0 Å². The molecule has 0 unspecified atom stereocenters. The molecular weight excluding hydrogens is 246 g/mol. The number of anilines is 2. The lowest BCUT2D eigenvalue weighted by molar-refractivity contribution is 0.214. The molecule has 102 valence electrons. The third-order valence-corrected chi connectivity index (χ3v) is 3.69. The van der Waals surface area contributed by atoms with Crippen molar-refractivity contribution in [3.63, 3.8) is 0 Å². The Bertz CT molecular complexity index is 575. The molecular formula is C11H17N7O. The van der Waals surface area contributed by atoms with E-state index in [0.717, 1.165) is 31.1 Å². The number of aliphatic hydroxyl groups is 1. The molecule has 3 rings (SSSR count). The summed E-state index contributed by atoms with van der Waals surface area (Å²) in [6.07, 6.45) is 5.73. The zero-order valence-electron chi connectivity index (χ0n) is 10.5. The number of nitrogens with zero attached hydrogens (tertiary/aromatic N) is 3. The Hall–Kier alpha value is -1.93. The van der Waals surface area contributed by atoms with Gasteiger partial charge in [-0.3, -0.25) is 10.5 Å². The molecule has 1 aliphatic rings. The number of aliphatic hydroxyl groups excluding tert-OH is 1. The second kappa shape index (κ2) is 4.63. The topological polar surface area (TPSA) is 125 Å². The SMILES string of the molecule is NNc1nc(NC2(CO)CCCC2)c2cn[nH]c2n1. The first-order valence-electron chi connectivity index (χ1n) is 6.33. The van der Waals surface area contributed by atoms with Gasteiger partial charge in [0.15, 0.2) is 5.65 Å². The smallest absolute Gasteiger partial charge is 0.241 e. The highest BCUT2D eigenvalue weighted by molar-refractivity contribution is 5.87. The van der Waals surface area contributed by atoms with Gasteiger partial charge in [0.05, 0.1) is 23.7 Å². The van der Waals surface area contributed by atoms with Gasteiger partial charge in [-0.2, -0.15) is 15.1 Å². The highest BCUT2D eigenvalue weighted by Gasteiger charge is 2.34. The van der Waals surface area contributed by atoms with Crippen molar-refractivity contribution in [3.8, 4) is 0 Å². The zero-order chi connectivity index (χ0) is 13.3. The van der Waals surface area contributed by atoms with Crippen molar-refractivity contribution in [2.75, 3.05) is 17.3 Å². The number of aromatic amines is 1. The van der Waals surface area contributed by atoms with E-state index in [4.69, 9.17) is 5.84 Å². The van der Waals surface area contributed by atoms with Crippen LogP contribution in [-0.4, -0.2) is 37.4 Å². The van der Waals surface area contributed by atoms with Crippen LogP contribution in [0.3, 0.4) is 0 Å². The molecule has 0 saturated heterocycles. The average Bonchev–Trinajstić information content (AvgIpc) is 3.07. The lowest BCUT2D eigenvalue weighted by Crippen LogP contribution is -2.39. The Morgan fingerprint density at radius 1 is 1.37 bits per heavy atom. The van der Waals surface area contributed by atoms with Crippen molar-refractivity contribution in [2.24, 2.45) is 5.84 Å². The Balaban J connectivity index is 2.01. The maximum atomic E-state index is 9.66. The average molecular weight is 263 g/mol. The van der Waals surface area contributed by atoms with Crippen LogP contribution in [0.1, 0.15) is 25.7 Å². The first-order valence-corrected chi connectivity index (χ1v) is 6.33. The van der Waals surface area contributed by atoms with Gasteiger partial charge < -0.3 is 10.4 Å². The molecule has 1 fully saturated rings. The molecule has 0 aliphatic heterocycles. The fourth-order valence-electron chi connectivity index (χ4n) is 2.62. The monoisotopic (exact) mass is 263 g/mol. The summed E-state index contributed by atoms with van der Waals surface area (Å²) in [5, 5.41) is 20.6. The van der Waals surface area contributed by atoms with Gasteiger partial charge in [-0.1, -0.05) is 12.8 Å². The van der Waals surface area contributed by atoms with Gasteiger partial charge in [0.25, 0.3) is 0 Å². The third-order valence-electron chi connectivity index (χ3n) is 3.69. The van der Waals surface area contributed by atoms with Crippen LogP contribution in [0.25, 0.3) is 11.0 Å². The quantitative estimate of drug-likeness (QED) is 0.398. The van der Waals surface area contributed by atoms with Crippen LogP contribution in [0, 0.1) is 0 Å². The van der Waals surface area contributed by atoms with Crippen LogP contribution in [0.15, 0.2) is 6.20 Å². The van der Waals surface area contributed by atoms with E-state index in [1.165, 1.54) is 0 Å². The van der Waals surface area contributed by atoms with Crippen molar-refractivity contribution < 1.29 is 5.11 Å². The van der Waals surface area contributed by atoms with Gasteiger partial charge in [0.1, 0.15) is 5.82 Å². The minimum Gasteiger partial charge on any atom is -0.394 e. The molecule has 8 nitrogen and oxygen atoms in total. The second-order valence-corrected chi connectivity index (χ2v) is 4.94. The van der Waals surface area contributed by atoms with Gasteiger partial charge in [-0.05, 0) is 12.8 Å². The highest BCUT2D eigenvalue weighted by atomic mass is 16.3. The van der Waals surface area contributed by atoms with E-state index < -0.39 is 0 Å². The molecule has 1 saturated carbocycles. The number of fused-ring (bicyclic) bond motifs is 1. The summed E-state index contributed by atoms with van der Waals surface area (Å²) in [6, 6.07) is 0. The Labute approximate surface area is 109 Å². The number of hydrogen-bond donors (Lipinski definition) is 5. The third kappa shape index (κ3) is 2.08. The van der Waals surface area contributed by atoms with E-state index in [9.17, 15) is 5.11 Å². The lowest BCUT2D eigenvalue weighted by atomic mass is 9.99. The number of rotatable bonds is 4. The number of nitrogens with two attached hydrogens (primary N) is 1. The van der Waals surface area contributed by atoms with E-state index in [2.05, 4.69) is 30.9 Å². The van der Waals surface area contributed by atoms with Crippen molar-refractivity contribution in [2.45, 2.75) is 31.2 Å². The van der Waals surface area contributed by atoms with Crippen molar-refractivity contribution in [1.29, 1.82) is 0 Å². The molecule has 0 aromatic carbocycles. The van der Waals surface area contributed by atoms with Crippen LogP contribution in [0.4, 0.5) is 11.8 Å². The van der Waals surface area contributed by atoms with Crippen LogP contribution in [0.2, 0.25) is 0 Å². The van der Waals surface area contributed by atoms with Gasteiger partial charge >= 0.3 is 0 Å². The van der Waals surface area contributed by atoms with E-state index >= 15 is 0 Å². The van der Waals surface area contributed by atoms with Gasteiger partial charge in [0, 0.05) is 0 Å². The summed E-state index contributed by atoms with van der Waals surface area (Å²) in [5.41, 5.74) is 2.74. The number of hydrazine groups is 1. The Morgan fingerprint density at radius 2 is 2.16 bits per heavy atom. The molecule has 0 atom stereocenters. The number of H-pyrrole nitrogens is 1. The minimum absolute atomic E-state index is 0.0851. The first kappa shape index (κ1) is 12.1. The second-order valence-electron chi connectivity index (χ2n) is 4.94. The fraction of sp³-hybridized carbons (Fsp3) is 0.545. The molecule has 2 aromatic rings. The summed E-state index contributed by atoms with van der Waals surface area (Å²) >= 11 is 0. The molecule has 0 bridgehead atoms. The Morgan fingerprint density at radius 3 is 2.84 bits per heavy atom. The van der Waals surface area contributed by atoms with Crippen molar-refractivity contribution >= 4 is 22.8 Å². The van der Waals surface area contributed by atoms with E-state index in [0.29, 0.717) is 17.4 Å². The molecule has 1 aliphatic carbocycles. The van der Waals surface area contributed by atoms with Gasteiger partial charge in [0.2, 0.25) is 5.95 Å². The number of nitrogen functional groups attached to an aromatic ring is 1. The molecule has 19 heavy (non-hydrogen) atoms. The summed E-state index contributed by atoms with van der Waals surface area (Å²) in [4.78, 5) is 8.49. The van der Waals surface area contributed by atoms with Gasteiger partial charge in [-0.15, -0.1) is 0 Å². The summed E-state index contributed by atoms with van der Waals surface area (Å²) in [5.74, 6) is 6.32. The minimum atomic E-state index is -0.301. The summed E-state index contributed by atoms with van der Waals surface area (Å²) in [6.45, 7) is 0.0851. The maximum Gasteiger partial charge on any atom is 0.241 e. The molecule has 0 spiro atoms. The van der Waals surface area contributed by atoms with Crippen LogP contribution < -0.4 is 16.6 Å². The van der Waals surface area contributed by atoms with Crippen LogP contribution >= 0.6 is 0 Å². The van der Waals surface area contributed by atoms with E-state index in [1.54, 1.807) is 6.20 Å². The predicted molar refractivity (Wildman–Crippen MR) is 71.4 cm³/mol. The standard InChI is InChI=1S/C11H17N7O/c12-17-10-14-8(7-5-13-18-9(7)15-10)16-11(6-19)3-1-2-4-11/h5,19H,1-4,6,12H2,(H3,13,14,15,16,17,18). The summed E-state index contributed by atoms with van der Waals surface area (Å²) < 4.78 is 0. The molecule has 6 N–H and O–H groups in total. The number of hydrogen-bond acceptors (Lipinski definition) is 7. The van der Waals surface area contributed by atoms with Crippen molar-refractivity contribution in [3.05, 3.63) is 6.20 Å². The molecule has 8 heteroatoms. The largest absolute Gasteiger partial charge is 0.394 e. The normalized spacial score (nSPS) is 17.8. The lowest BCUT2D eigenvalue weighted by Gasteiger charge is -2.28. The fourth-order valence-corrected chi connectivity index (χ4v) is 2.62.